The van der Waals surface area contributed by atoms with E-state index in [9.17, 15) is 13.2 Å². The molecular weight excluding hydrogens is 362 g/mol. The summed E-state index contributed by atoms with van der Waals surface area (Å²) in [6, 6.07) is 7.13. The van der Waals surface area contributed by atoms with Gasteiger partial charge in [-0.1, -0.05) is 36.6 Å². The van der Waals surface area contributed by atoms with E-state index in [4.69, 9.17) is 4.74 Å². The second-order valence-corrected chi connectivity index (χ2v) is 9.63. The molecule has 0 amide bonds. The van der Waals surface area contributed by atoms with Gasteiger partial charge in [0.15, 0.2) is 0 Å². The molecule has 1 aromatic carbocycles. The van der Waals surface area contributed by atoms with Crippen molar-refractivity contribution in [1.29, 1.82) is 0 Å². The number of rotatable bonds is 6. The van der Waals surface area contributed by atoms with Gasteiger partial charge in [-0.05, 0) is 63.7 Å². The van der Waals surface area contributed by atoms with E-state index in [1.165, 1.54) is 0 Å². The summed E-state index contributed by atoms with van der Waals surface area (Å²) in [5.74, 6) is 0.145. The molecule has 1 aliphatic heterocycles. The van der Waals surface area contributed by atoms with Crippen LogP contribution >= 0.6 is 0 Å². The van der Waals surface area contributed by atoms with E-state index >= 15 is 0 Å². The maximum atomic E-state index is 13.4. The van der Waals surface area contributed by atoms with Crippen LogP contribution in [0.5, 0.6) is 0 Å². The van der Waals surface area contributed by atoms with Gasteiger partial charge in [-0.15, -0.1) is 0 Å². The summed E-state index contributed by atoms with van der Waals surface area (Å²) in [5, 5.41) is 0. The van der Waals surface area contributed by atoms with Gasteiger partial charge in [0.2, 0.25) is 10.0 Å². The van der Waals surface area contributed by atoms with E-state index < -0.39 is 10.0 Å². The standard InChI is InChI=1S/C21H29NO4S/c1-17-7-11-20(12-8-17)27(24,25)22-15-5-14-21(22)13-4-3-6-19(21)10-9-18(2)26-16-23/h7-12,16,18-19H,3-6,13-15H2,1-2H3/b10-9+/t18?,19-,21-/m0/s1. The molecule has 0 radical (unpaired) electrons. The average Bonchev–Trinajstić information content (AvgIpc) is 3.06. The molecule has 1 saturated carbocycles. The summed E-state index contributed by atoms with van der Waals surface area (Å²) in [6.07, 6.45) is 9.43. The van der Waals surface area contributed by atoms with Crippen LogP contribution in [0.15, 0.2) is 41.3 Å². The third-order valence-electron chi connectivity index (χ3n) is 6.03. The average molecular weight is 392 g/mol. The molecular formula is C21H29NO4S. The number of aryl methyl sites for hydroxylation is 1. The van der Waals surface area contributed by atoms with Crippen LogP contribution in [-0.4, -0.2) is 37.4 Å². The number of carbonyl (C=O) groups is 1. The van der Waals surface area contributed by atoms with Gasteiger partial charge in [0.05, 0.1) is 4.90 Å². The zero-order valence-corrected chi connectivity index (χ0v) is 17.0. The highest BCUT2D eigenvalue weighted by Crippen LogP contribution is 2.48. The number of hydrogen-bond acceptors (Lipinski definition) is 4. The molecule has 0 N–H and O–H groups in total. The van der Waals surface area contributed by atoms with Crippen LogP contribution in [0, 0.1) is 12.8 Å². The Balaban J connectivity index is 1.93. The van der Waals surface area contributed by atoms with Crippen molar-refractivity contribution < 1.29 is 17.9 Å². The van der Waals surface area contributed by atoms with E-state index in [1.54, 1.807) is 16.4 Å². The van der Waals surface area contributed by atoms with Crippen LogP contribution in [-0.2, 0) is 19.6 Å². The number of nitrogens with zero attached hydrogens (tertiary/aromatic N) is 1. The lowest BCUT2D eigenvalue weighted by molar-refractivity contribution is -0.130. The van der Waals surface area contributed by atoms with Crippen molar-refractivity contribution in [2.24, 2.45) is 5.92 Å². The van der Waals surface area contributed by atoms with E-state index in [0.29, 0.717) is 17.9 Å². The number of sulfonamides is 1. The smallest absolute Gasteiger partial charge is 0.293 e. The molecule has 1 aromatic rings. The van der Waals surface area contributed by atoms with Crippen LogP contribution in [0.3, 0.4) is 0 Å². The summed E-state index contributed by atoms with van der Waals surface area (Å²) in [4.78, 5) is 10.9. The molecule has 1 heterocycles. The van der Waals surface area contributed by atoms with Gasteiger partial charge in [-0.2, -0.15) is 4.31 Å². The fourth-order valence-electron chi connectivity index (χ4n) is 4.64. The molecule has 5 nitrogen and oxygen atoms in total. The van der Waals surface area contributed by atoms with Gasteiger partial charge in [0.25, 0.3) is 6.47 Å². The Hall–Kier alpha value is -1.66. The summed E-state index contributed by atoms with van der Waals surface area (Å²) < 4.78 is 33.6. The van der Waals surface area contributed by atoms with Gasteiger partial charge in [-0.3, -0.25) is 4.79 Å². The van der Waals surface area contributed by atoms with Gasteiger partial charge in [-0.25, -0.2) is 8.42 Å². The lowest BCUT2D eigenvalue weighted by atomic mass is 9.71. The predicted molar refractivity (Wildman–Crippen MR) is 105 cm³/mol. The number of ether oxygens (including phenoxy) is 1. The van der Waals surface area contributed by atoms with Crippen LogP contribution in [0.1, 0.15) is 51.0 Å². The van der Waals surface area contributed by atoms with Crippen molar-refractivity contribution in [3.63, 3.8) is 0 Å². The second-order valence-electron chi connectivity index (χ2n) is 7.77. The van der Waals surface area contributed by atoms with Crippen molar-refractivity contribution in [3.8, 4) is 0 Å². The number of carbonyl (C=O) groups excluding carboxylic acids is 1. The Kier molecular flexibility index (Phi) is 6.06. The van der Waals surface area contributed by atoms with E-state index in [2.05, 4.69) is 6.08 Å². The lowest BCUT2D eigenvalue weighted by Crippen LogP contribution is -2.53. The van der Waals surface area contributed by atoms with Gasteiger partial charge < -0.3 is 4.74 Å². The SMILES string of the molecule is Cc1ccc(S(=O)(=O)N2CCC[C@]23CCCC[C@H]3/C=C/C(C)OC=O)cc1. The molecule has 2 fully saturated rings. The topological polar surface area (TPSA) is 63.7 Å². The fourth-order valence-corrected chi connectivity index (χ4v) is 6.54. The first kappa shape index (κ1) is 20.1. The van der Waals surface area contributed by atoms with Gasteiger partial charge >= 0.3 is 0 Å². The Labute approximate surface area is 162 Å². The largest absolute Gasteiger partial charge is 0.461 e. The fraction of sp³-hybridized carbons (Fsp3) is 0.571. The first-order valence-electron chi connectivity index (χ1n) is 9.77. The summed E-state index contributed by atoms with van der Waals surface area (Å²) >= 11 is 0. The van der Waals surface area contributed by atoms with Crippen molar-refractivity contribution in [1.82, 2.24) is 4.31 Å². The maximum Gasteiger partial charge on any atom is 0.293 e. The van der Waals surface area contributed by atoms with E-state index in [-0.39, 0.29) is 17.6 Å². The molecule has 148 valence electrons. The minimum Gasteiger partial charge on any atom is -0.461 e. The maximum absolute atomic E-state index is 13.4. The molecule has 3 rings (SSSR count). The summed E-state index contributed by atoms with van der Waals surface area (Å²) in [7, 11) is -3.53. The molecule has 1 spiro atoms. The first-order chi connectivity index (χ1) is 12.9. The third-order valence-corrected chi connectivity index (χ3v) is 8.02. The van der Waals surface area contributed by atoms with Gasteiger partial charge in [0.1, 0.15) is 6.10 Å². The number of hydrogen-bond donors (Lipinski definition) is 0. The van der Waals surface area contributed by atoms with Crippen LogP contribution in [0.25, 0.3) is 0 Å². The van der Waals surface area contributed by atoms with Crippen LogP contribution in [0.4, 0.5) is 0 Å². The molecule has 3 atom stereocenters. The lowest BCUT2D eigenvalue weighted by Gasteiger charge is -2.46. The molecule has 1 saturated heterocycles. The Morgan fingerprint density at radius 1 is 1.19 bits per heavy atom. The van der Waals surface area contributed by atoms with Crippen molar-refractivity contribution in [2.75, 3.05) is 6.54 Å². The molecule has 0 bridgehead atoms. The highest BCUT2D eigenvalue weighted by Gasteiger charge is 2.52. The highest BCUT2D eigenvalue weighted by molar-refractivity contribution is 7.89. The molecule has 1 unspecified atom stereocenters. The molecule has 1 aliphatic carbocycles. The molecule has 2 aliphatic rings. The van der Waals surface area contributed by atoms with E-state index in [0.717, 1.165) is 44.1 Å². The zero-order valence-electron chi connectivity index (χ0n) is 16.1. The summed E-state index contributed by atoms with van der Waals surface area (Å²) in [6.45, 7) is 4.80. The Morgan fingerprint density at radius 3 is 2.59 bits per heavy atom. The number of benzene rings is 1. The molecule has 6 heteroatoms. The quantitative estimate of drug-likeness (QED) is 0.546. The van der Waals surface area contributed by atoms with Crippen molar-refractivity contribution >= 4 is 16.5 Å². The predicted octanol–water partition coefficient (Wildman–Crippen LogP) is 3.83. The van der Waals surface area contributed by atoms with E-state index in [1.807, 2.05) is 32.1 Å². The normalized spacial score (nSPS) is 27.9. The first-order valence-corrected chi connectivity index (χ1v) is 11.2. The van der Waals surface area contributed by atoms with Crippen molar-refractivity contribution in [3.05, 3.63) is 42.0 Å². The summed E-state index contributed by atoms with van der Waals surface area (Å²) in [5.41, 5.74) is 0.687. The third kappa shape index (κ3) is 3.97. The molecule has 27 heavy (non-hydrogen) atoms. The van der Waals surface area contributed by atoms with Crippen LogP contribution in [0.2, 0.25) is 0 Å². The Morgan fingerprint density at radius 2 is 1.89 bits per heavy atom. The van der Waals surface area contributed by atoms with Crippen molar-refractivity contribution in [2.45, 2.75) is 68.9 Å². The monoisotopic (exact) mass is 391 g/mol. The Bertz CT molecular complexity index is 787. The highest BCUT2D eigenvalue weighted by atomic mass is 32.2. The molecule has 0 aromatic heterocycles. The minimum atomic E-state index is -3.53. The van der Waals surface area contributed by atoms with Gasteiger partial charge in [0, 0.05) is 12.1 Å². The minimum absolute atomic E-state index is 0.145. The van der Waals surface area contributed by atoms with Crippen LogP contribution < -0.4 is 0 Å². The zero-order chi connectivity index (χ0) is 19.5. The second kappa shape index (κ2) is 8.15.